The van der Waals surface area contributed by atoms with E-state index in [2.05, 4.69) is 49.5 Å². The van der Waals surface area contributed by atoms with E-state index >= 15 is 0 Å². The van der Waals surface area contributed by atoms with Crippen LogP contribution in [-0.4, -0.2) is 19.9 Å². The summed E-state index contributed by atoms with van der Waals surface area (Å²) >= 11 is 1.73. The summed E-state index contributed by atoms with van der Waals surface area (Å²) in [5, 5.41) is 4.37. The van der Waals surface area contributed by atoms with Crippen LogP contribution in [0.25, 0.3) is 10.9 Å². The summed E-state index contributed by atoms with van der Waals surface area (Å²) in [5.41, 5.74) is 10.2. The van der Waals surface area contributed by atoms with E-state index in [0.717, 1.165) is 27.9 Å². The number of pyridine rings is 1. The van der Waals surface area contributed by atoms with Crippen molar-refractivity contribution in [2.24, 2.45) is 0 Å². The third-order valence-corrected chi connectivity index (χ3v) is 5.27. The van der Waals surface area contributed by atoms with Crippen LogP contribution in [0.2, 0.25) is 0 Å². The molecule has 2 heterocycles. The SMILES string of the molecule is Cc1ccccc1Nc1nc(N)nc(CSCc2cccc3cccnc23)n1. The number of aryl methyl sites for hydroxylation is 1. The lowest BCUT2D eigenvalue weighted by molar-refractivity contribution is 0.981. The van der Waals surface area contributed by atoms with Crippen LogP contribution in [0.4, 0.5) is 17.6 Å². The maximum absolute atomic E-state index is 5.89. The summed E-state index contributed by atoms with van der Waals surface area (Å²) in [6, 6.07) is 18.2. The minimum Gasteiger partial charge on any atom is -0.368 e. The normalized spacial score (nSPS) is 10.9. The molecular weight excluding hydrogens is 368 g/mol. The Morgan fingerprint density at radius 3 is 2.68 bits per heavy atom. The number of fused-ring (bicyclic) bond motifs is 1. The Morgan fingerprint density at radius 2 is 1.79 bits per heavy atom. The molecule has 0 bridgehead atoms. The number of anilines is 3. The second kappa shape index (κ2) is 8.22. The van der Waals surface area contributed by atoms with E-state index in [-0.39, 0.29) is 5.95 Å². The maximum Gasteiger partial charge on any atom is 0.232 e. The van der Waals surface area contributed by atoms with Crippen LogP contribution in [0.3, 0.4) is 0 Å². The molecule has 4 rings (SSSR count). The number of nitrogens with zero attached hydrogens (tertiary/aromatic N) is 4. The van der Waals surface area contributed by atoms with E-state index in [1.54, 1.807) is 11.8 Å². The van der Waals surface area contributed by atoms with Gasteiger partial charge < -0.3 is 11.1 Å². The van der Waals surface area contributed by atoms with Crippen LogP contribution in [0, 0.1) is 6.92 Å². The topological polar surface area (TPSA) is 89.6 Å². The van der Waals surface area contributed by atoms with Gasteiger partial charge in [0.1, 0.15) is 5.82 Å². The fraction of sp³-hybridized carbons (Fsp3) is 0.143. The number of nitrogens with one attached hydrogen (secondary N) is 1. The maximum atomic E-state index is 5.89. The Morgan fingerprint density at radius 1 is 0.929 bits per heavy atom. The van der Waals surface area contributed by atoms with Crippen LogP contribution < -0.4 is 11.1 Å². The first-order valence-electron chi connectivity index (χ1n) is 8.92. The first-order valence-corrected chi connectivity index (χ1v) is 10.1. The van der Waals surface area contributed by atoms with Crippen molar-refractivity contribution < 1.29 is 0 Å². The zero-order chi connectivity index (χ0) is 19.3. The molecule has 0 aliphatic carbocycles. The summed E-state index contributed by atoms with van der Waals surface area (Å²) in [6.45, 7) is 2.03. The van der Waals surface area contributed by atoms with Crippen molar-refractivity contribution in [1.82, 2.24) is 19.9 Å². The second-order valence-corrected chi connectivity index (χ2v) is 7.34. The molecule has 0 atom stereocenters. The van der Waals surface area contributed by atoms with E-state index in [0.29, 0.717) is 17.5 Å². The van der Waals surface area contributed by atoms with E-state index in [1.165, 1.54) is 5.56 Å². The number of hydrogen-bond donors (Lipinski definition) is 2. The van der Waals surface area contributed by atoms with Gasteiger partial charge in [0, 0.05) is 23.0 Å². The van der Waals surface area contributed by atoms with Crippen LogP contribution in [0.1, 0.15) is 17.0 Å². The molecule has 7 heteroatoms. The number of rotatable bonds is 6. The van der Waals surface area contributed by atoms with Gasteiger partial charge in [-0.3, -0.25) is 4.98 Å². The Hall–Kier alpha value is -3.19. The van der Waals surface area contributed by atoms with E-state index in [1.807, 2.05) is 43.5 Å². The van der Waals surface area contributed by atoms with Crippen LogP contribution in [0.5, 0.6) is 0 Å². The van der Waals surface area contributed by atoms with E-state index in [9.17, 15) is 0 Å². The summed E-state index contributed by atoms with van der Waals surface area (Å²) in [6.07, 6.45) is 1.83. The van der Waals surface area contributed by atoms with Crippen molar-refractivity contribution in [2.45, 2.75) is 18.4 Å². The molecule has 0 unspecified atom stereocenters. The molecule has 0 aliphatic rings. The predicted octanol–water partition coefficient (Wildman–Crippen LogP) is 4.49. The summed E-state index contributed by atoms with van der Waals surface area (Å²) < 4.78 is 0. The highest BCUT2D eigenvalue weighted by Gasteiger charge is 2.08. The smallest absolute Gasteiger partial charge is 0.232 e. The summed E-state index contributed by atoms with van der Waals surface area (Å²) in [4.78, 5) is 17.5. The Kier molecular flexibility index (Phi) is 5.34. The molecule has 2 aromatic carbocycles. The fourth-order valence-corrected chi connectivity index (χ4v) is 3.79. The Balaban J connectivity index is 1.46. The molecule has 4 aromatic rings. The molecule has 2 aromatic heterocycles. The van der Waals surface area contributed by atoms with E-state index in [4.69, 9.17) is 5.73 Å². The largest absolute Gasteiger partial charge is 0.368 e. The van der Waals surface area contributed by atoms with Gasteiger partial charge in [0.25, 0.3) is 0 Å². The molecule has 6 nitrogen and oxygen atoms in total. The average Bonchev–Trinajstić information content (AvgIpc) is 2.70. The fourth-order valence-electron chi connectivity index (χ4n) is 2.93. The zero-order valence-corrected chi connectivity index (χ0v) is 16.3. The Bertz CT molecular complexity index is 1110. The monoisotopic (exact) mass is 388 g/mol. The molecule has 28 heavy (non-hydrogen) atoms. The molecule has 140 valence electrons. The van der Waals surface area contributed by atoms with Crippen molar-refractivity contribution in [3.8, 4) is 0 Å². The van der Waals surface area contributed by atoms with Gasteiger partial charge >= 0.3 is 0 Å². The zero-order valence-electron chi connectivity index (χ0n) is 15.5. The van der Waals surface area contributed by atoms with Gasteiger partial charge in [-0.2, -0.15) is 15.0 Å². The van der Waals surface area contributed by atoms with Gasteiger partial charge in [-0.1, -0.05) is 42.5 Å². The molecular formula is C21H20N6S. The predicted molar refractivity (Wildman–Crippen MR) is 115 cm³/mol. The third-order valence-electron chi connectivity index (χ3n) is 4.30. The van der Waals surface area contributed by atoms with Gasteiger partial charge in [-0.25, -0.2) is 0 Å². The lowest BCUT2D eigenvalue weighted by atomic mass is 10.1. The first kappa shape index (κ1) is 18.2. The quantitative estimate of drug-likeness (QED) is 0.503. The first-order chi connectivity index (χ1) is 13.7. The molecule has 0 saturated heterocycles. The van der Waals surface area contributed by atoms with Crippen molar-refractivity contribution in [3.63, 3.8) is 0 Å². The number of hydrogen-bond acceptors (Lipinski definition) is 7. The van der Waals surface area contributed by atoms with Crippen molar-refractivity contribution in [3.05, 3.63) is 77.7 Å². The van der Waals surface area contributed by atoms with Crippen LogP contribution in [-0.2, 0) is 11.5 Å². The molecule has 0 fully saturated rings. The molecule has 0 spiro atoms. The van der Waals surface area contributed by atoms with Crippen molar-refractivity contribution in [1.29, 1.82) is 0 Å². The summed E-state index contributed by atoms with van der Waals surface area (Å²) in [5.74, 6) is 2.79. The lowest BCUT2D eigenvalue weighted by Crippen LogP contribution is -2.07. The molecule has 0 radical (unpaired) electrons. The lowest BCUT2D eigenvalue weighted by Gasteiger charge is -2.09. The van der Waals surface area contributed by atoms with Crippen LogP contribution in [0.15, 0.2) is 60.8 Å². The van der Waals surface area contributed by atoms with Gasteiger partial charge in [0.05, 0.1) is 11.3 Å². The summed E-state index contributed by atoms with van der Waals surface area (Å²) in [7, 11) is 0. The molecule has 0 saturated carbocycles. The number of benzene rings is 2. The Labute approximate surface area is 167 Å². The van der Waals surface area contributed by atoms with Gasteiger partial charge in [0.2, 0.25) is 11.9 Å². The average molecular weight is 389 g/mol. The highest BCUT2D eigenvalue weighted by molar-refractivity contribution is 7.97. The minimum atomic E-state index is 0.216. The highest BCUT2D eigenvalue weighted by Crippen LogP contribution is 2.23. The van der Waals surface area contributed by atoms with Gasteiger partial charge in [-0.05, 0) is 30.2 Å². The van der Waals surface area contributed by atoms with Crippen molar-refractivity contribution >= 4 is 40.2 Å². The highest BCUT2D eigenvalue weighted by atomic mass is 32.2. The molecule has 0 amide bonds. The third kappa shape index (κ3) is 4.20. The van der Waals surface area contributed by atoms with Gasteiger partial charge in [-0.15, -0.1) is 11.8 Å². The number of nitrogen functional groups attached to an aromatic ring is 1. The van der Waals surface area contributed by atoms with Crippen molar-refractivity contribution in [2.75, 3.05) is 11.1 Å². The van der Waals surface area contributed by atoms with Crippen LogP contribution >= 0.6 is 11.8 Å². The number of thioether (sulfide) groups is 1. The van der Waals surface area contributed by atoms with Gasteiger partial charge in [0.15, 0.2) is 0 Å². The minimum absolute atomic E-state index is 0.216. The number of nitrogens with two attached hydrogens (primary N) is 1. The number of aromatic nitrogens is 4. The number of para-hydroxylation sites is 2. The molecule has 3 N–H and O–H groups in total. The molecule has 0 aliphatic heterocycles. The standard InChI is InChI=1S/C21H20N6S/c1-14-6-2-3-10-17(14)24-21-26-18(25-20(22)27-21)13-28-12-16-8-4-7-15-9-5-11-23-19(15)16/h2-11H,12-13H2,1H3,(H3,22,24,25,26,27). The van der Waals surface area contributed by atoms with E-state index < -0.39 is 0 Å². The second-order valence-electron chi connectivity index (χ2n) is 6.36.